The average Bonchev–Trinajstić information content (AvgIpc) is 2.48. The summed E-state index contributed by atoms with van der Waals surface area (Å²) in [6, 6.07) is 10.6. The van der Waals surface area contributed by atoms with Crippen LogP contribution in [0, 0.1) is 0 Å². The van der Waals surface area contributed by atoms with Gasteiger partial charge in [0.15, 0.2) is 5.60 Å². The molecule has 0 saturated heterocycles. The van der Waals surface area contributed by atoms with Crippen molar-refractivity contribution in [2.75, 3.05) is 0 Å². The van der Waals surface area contributed by atoms with Crippen LogP contribution in [0.3, 0.4) is 0 Å². The fourth-order valence-electron chi connectivity index (χ4n) is 1.65. The van der Waals surface area contributed by atoms with Crippen LogP contribution in [-0.4, -0.2) is 16.6 Å². The Morgan fingerprint density at radius 2 is 2.00 bits per heavy atom. The highest BCUT2D eigenvalue weighted by molar-refractivity contribution is 6.32. The van der Waals surface area contributed by atoms with Gasteiger partial charge < -0.3 is 9.47 Å². The van der Waals surface area contributed by atoms with E-state index < -0.39 is 11.6 Å². The summed E-state index contributed by atoms with van der Waals surface area (Å²) in [5.41, 5.74) is -0.313. The predicted octanol–water partition coefficient (Wildman–Crippen LogP) is 3.64. The molecule has 0 spiro atoms. The fourth-order valence-corrected chi connectivity index (χ4v) is 1.82. The second kappa shape index (κ2) is 6.59. The number of aromatic nitrogens is 1. The average molecular weight is 306 g/mol. The molecule has 1 aromatic heterocycles. The number of carbonyl (C=O) groups excluding carboxylic acids is 1. The molecule has 0 aliphatic rings. The Labute approximate surface area is 128 Å². The molecule has 1 aromatic carbocycles. The Morgan fingerprint density at radius 1 is 1.24 bits per heavy atom. The first-order valence-electron chi connectivity index (χ1n) is 6.49. The normalized spacial score (nSPS) is 11.0. The van der Waals surface area contributed by atoms with Crippen LogP contribution in [-0.2, 0) is 16.1 Å². The van der Waals surface area contributed by atoms with E-state index in [-0.39, 0.29) is 6.61 Å². The van der Waals surface area contributed by atoms with Gasteiger partial charge in [0.25, 0.3) is 0 Å². The molecule has 0 aliphatic heterocycles. The molecule has 0 N–H and O–H groups in total. The number of hydrogen-bond acceptors (Lipinski definition) is 4. The summed E-state index contributed by atoms with van der Waals surface area (Å²) < 4.78 is 10.9. The number of halogens is 1. The minimum atomic E-state index is -1.13. The maximum Gasteiger partial charge on any atom is 0.350 e. The quantitative estimate of drug-likeness (QED) is 0.791. The van der Waals surface area contributed by atoms with Crippen LogP contribution in [0.5, 0.6) is 5.75 Å². The lowest BCUT2D eigenvalue weighted by atomic mass is 10.1. The Balaban J connectivity index is 1.98. The zero-order chi connectivity index (χ0) is 15.3. The SMILES string of the molecule is CC(C)(Oc1ccccc1Cl)C(=O)OCc1cccnc1. The van der Waals surface area contributed by atoms with Crippen LogP contribution in [0.15, 0.2) is 48.8 Å². The number of rotatable bonds is 5. The molecule has 21 heavy (non-hydrogen) atoms. The van der Waals surface area contributed by atoms with Crippen LogP contribution < -0.4 is 4.74 Å². The van der Waals surface area contributed by atoms with E-state index >= 15 is 0 Å². The molecule has 0 aliphatic carbocycles. The molecule has 0 amide bonds. The molecule has 0 unspecified atom stereocenters. The van der Waals surface area contributed by atoms with E-state index in [4.69, 9.17) is 21.1 Å². The first kappa shape index (κ1) is 15.3. The van der Waals surface area contributed by atoms with E-state index in [0.29, 0.717) is 10.8 Å². The largest absolute Gasteiger partial charge is 0.475 e. The summed E-state index contributed by atoms with van der Waals surface area (Å²) in [5, 5.41) is 0.450. The van der Waals surface area contributed by atoms with E-state index in [0.717, 1.165) is 5.56 Å². The second-order valence-electron chi connectivity index (χ2n) is 4.98. The number of ether oxygens (including phenoxy) is 2. The van der Waals surface area contributed by atoms with Crippen molar-refractivity contribution in [1.29, 1.82) is 0 Å². The van der Waals surface area contributed by atoms with Gasteiger partial charge in [-0.25, -0.2) is 4.79 Å². The molecule has 0 saturated carbocycles. The number of benzene rings is 1. The Kier molecular flexibility index (Phi) is 4.81. The third-order valence-electron chi connectivity index (χ3n) is 2.79. The fraction of sp³-hybridized carbons (Fsp3) is 0.250. The van der Waals surface area contributed by atoms with Gasteiger partial charge in [0.05, 0.1) is 5.02 Å². The number of pyridine rings is 1. The van der Waals surface area contributed by atoms with Crippen molar-refractivity contribution in [3.05, 3.63) is 59.4 Å². The van der Waals surface area contributed by atoms with Gasteiger partial charge >= 0.3 is 5.97 Å². The number of para-hydroxylation sites is 1. The molecule has 110 valence electrons. The third-order valence-corrected chi connectivity index (χ3v) is 3.10. The Hall–Kier alpha value is -2.07. The molecule has 1 heterocycles. The number of hydrogen-bond donors (Lipinski definition) is 0. The third kappa shape index (κ3) is 4.20. The van der Waals surface area contributed by atoms with Crippen LogP contribution in [0.2, 0.25) is 5.02 Å². The first-order chi connectivity index (χ1) is 9.99. The highest BCUT2D eigenvalue weighted by atomic mass is 35.5. The van der Waals surface area contributed by atoms with Gasteiger partial charge in [0.2, 0.25) is 0 Å². The molecule has 0 atom stereocenters. The van der Waals surface area contributed by atoms with E-state index in [1.54, 1.807) is 56.6 Å². The molecular formula is C16H16ClNO3. The standard InChI is InChI=1S/C16H16ClNO3/c1-16(2,21-14-8-4-3-7-13(14)17)15(19)20-11-12-6-5-9-18-10-12/h3-10H,11H2,1-2H3. The van der Waals surface area contributed by atoms with Crippen LogP contribution >= 0.6 is 11.6 Å². The van der Waals surface area contributed by atoms with Crippen molar-refractivity contribution in [3.8, 4) is 5.75 Å². The Morgan fingerprint density at radius 3 is 2.67 bits per heavy atom. The number of carbonyl (C=O) groups is 1. The summed E-state index contributed by atoms with van der Waals surface area (Å²) in [7, 11) is 0. The molecule has 2 aromatic rings. The smallest absolute Gasteiger partial charge is 0.350 e. The lowest BCUT2D eigenvalue weighted by molar-refractivity contribution is -0.160. The van der Waals surface area contributed by atoms with Gasteiger partial charge in [-0.1, -0.05) is 29.8 Å². The van der Waals surface area contributed by atoms with Crippen LogP contribution in [0.1, 0.15) is 19.4 Å². The topological polar surface area (TPSA) is 48.4 Å². The highest BCUT2D eigenvalue weighted by Gasteiger charge is 2.32. The van der Waals surface area contributed by atoms with Gasteiger partial charge in [-0.05, 0) is 32.0 Å². The van der Waals surface area contributed by atoms with Gasteiger partial charge in [0, 0.05) is 18.0 Å². The molecule has 0 bridgehead atoms. The first-order valence-corrected chi connectivity index (χ1v) is 6.86. The minimum absolute atomic E-state index is 0.155. The second-order valence-corrected chi connectivity index (χ2v) is 5.39. The molecular weight excluding hydrogens is 290 g/mol. The minimum Gasteiger partial charge on any atom is -0.475 e. The zero-order valence-electron chi connectivity index (χ0n) is 11.9. The zero-order valence-corrected chi connectivity index (χ0v) is 12.6. The maximum absolute atomic E-state index is 12.1. The monoisotopic (exact) mass is 305 g/mol. The van der Waals surface area contributed by atoms with Gasteiger partial charge in [-0.2, -0.15) is 0 Å². The molecule has 0 fully saturated rings. The van der Waals surface area contributed by atoms with E-state index in [9.17, 15) is 4.79 Å². The highest BCUT2D eigenvalue weighted by Crippen LogP contribution is 2.27. The summed E-state index contributed by atoms with van der Waals surface area (Å²) >= 11 is 6.02. The predicted molar refractivity (Wildman–Crippen MR) is 80.2 cm³/mol. The van der Waals surface area contributed by atoms with Gasteiger partial charge in [0.1, 0.15) is 12.4 Å². The van der Waals surface area contributed by atoms with E-state index in [1.165, 1.54) is 0 Å². The van der Waals surface area contributed by atoms with Crippen molar-refractivity contribution < 1.29 is 14.3 Å². The molecule has 0 radical (unpaired) electrons. The molecule has 4 nitrogen and oxygen atoms in total. The summed E-state index contributed by atoms with van der Waals surface area (Å²) in [6.07, 6.45) is 3.31. The van der Waals surface area contributed by atoms with Crippen LogP contribution in [0.4, 0.5) is 0 Å². The van der Waals surface area contributed by atoms with E-state index in [2.05, 4.69) is 4.98 Å². The summed E-state index contributed by atoms with van der Waals surface area (Å²) in [4.78, 5) is 16.1. The van der Waals surface area contributed by atoms with Crippen molar-refractivity contribution in [3.63, 3.8) is 0 Å². The molecule has 5 heteroatoms. The lowest BCUT2D eigenvalue weighted by Crippen LogP contribution is -2.39. The van der Waals surface area contributed by atoms with Gasteiger partial charge in [-0.15, -0.1) is 0 Å². The molecule has 2 rings (SSSR count). The maximum atomic E-state index is 12.1. The summed E-state index contributed by atoms with van der Waals surface area (Å²) in [6.45, 7) is 3.44. The van der Waals surface area contributed by atoms with Crippen molar-refractivity contribution in [1.82, 2.24) is 4.98 Å². The van der Waals surface area contributed by atoms with Gasteiger partial charge in [-0.3, -0.25) is 4.98 Å². The van der Waals surface area contributed by atoms with Crippen molar-refractivity contribution >= 4 is 17.6 Å². The Bertz CT molecular complexity index is 614. The van der Waals surface area contributed by atoms with Crippen LogP contribution in [0.25, 0.3) is 0 Å². The number of nitrogens with zero attached hydrogens (tertiary/aromatic N) is 1. The summed E-state index contributed by atoms with van der Waals surface area (Å²) in [5.74, 6) is -0.0197. The van der Waals surface area contributed by atoms with E-state index in [1.807, 2.05) is 6.07 Å². The van der Waals surface area contributed by atoms with Crippen molar-refractivity contribution in [2.45, 2.75) is 26.1 Å². The lowest BCUT2D eigenvalue weighted by Gasteiger charge is -2.24. The van der Waals surface area contributed by atoms with Crippen molar-refractivity contribution in [2.24, 2.45) is 0 Å². The number of esters is 1.